The van der Waals surface area contributed by atoms with Gasteiger partial charge in [0.15, 0.2) is 0 Å². The molecule has 0 aromatic heterocycles. The number of amides is 1. The summed E-state index contributed by atoms with van der Waals surface area (Å²) in [5, 5.41) is 0. The Morgan fingerprint density at radius 3 is 2.16 bits per heavy atom. The van der Waals surface area contributed by atoms with Crippen LogP contribution in [-0.4, -0.2) is 37.6 Å². The number of aryl methyl sites for hydroxylation is 1. The van der Waals surface area contributed by atoms with Crippen molar-refractivity contribution < 1.29 is 9.53 Å². The van der Waals surface area contributed by atoms with E-state index >= 15 is 0 Å². The zero-order valence-corrected chi connectivity index (χ0v) is 11.9. The van der Waals surface area contributed by atoms with Crippen molar-refractivity contribution in [2.75, 3.05) is 26.8 Å². The van der Waals surface area contributed by atoms with Crippen LogP contribution in [0.4, 0.5) is 0 Å². The number of nitrogens with zero attached hydrogens (tertiary/aromatic N) is 1. The Balaban J connectivity index is 0.000000163. The van der Waals surface area contributed by atoms with Gasteiger partial charge in [0.2, 0.25) is 5.91 Å². The van der Waals surface area contributed by atoms with Crippen molar-refractivity contribution in [3.8, 4) is 0 Å². The summed E-state index contributed by atoms with van der Waals surface area (Å²) in [6.07, 6.45) is 2.89. The second-order valence-corrected chi connectivity index (χ2v) is 5.52. The van der Waals surface area contributed by atoms with Crippen molar-refractivity contribution >= 4 is 5.91 Å². The van der Waals surface area contributed by atoms with Crippen molar-refractivity contribution in [1.82, 2.24) is 4.90 Å². The van der Waals surface area contributed by atoms with Gasteiger partial charge in [-0.2, -0.15) is 0 Å². The summed E-state index contributed by atoms with van der Waals surface area (Å²) in [6.45, 7) is 4.54. The van der Waals surface area contributed by atoms with Crippen LogP contribution < -0.4 is 0 Å². The summed E-state index contributed by atoms with van der Waals surface area (Å²) in [6, 6.07) is 10.3. The van der Waals surface area contributed by atoms with Crippen LogP contribution in [0.1, 0.15) is 24.8 Å². The highest BCUT2D eigenvalue weighted by molar-refractivity contribution is 5.84. The highest BCUT2D eigenvalue weighted by atomic mass is 16.5. The molecule has 0 unspecified atom stereocenters. The average molecular weight is 261 g/mol. The molecule has 0 bridgehead atoms. The van der Waals surface area contributed by atoms with Gasteiger partial charge in [-0.15, -0.1) is 0 Å². The van der Waals surface area contributed by atoms with E-state index in [9.17, 15) is 4.79 Å². The Kier molecular flexibility index (Phi) is 4.59. The van der Waals surface area contributed by atoms with Gasteiger partial charge < -0.3 is 9.64 Å². The first kappa shape index (κ1) is 14.1. The molecule has 2 saturated heterocycles. The van der Waals surface area contributed by atoms with Gasteiger partial charge in [-0.05, 0) is 26.2 Å². The average Bonchev–Trinajstić information content (AvgIpc) is 2.71. The molecular weight excluding hydrogens is 238 g/mol. The van der Waals surface area contributed by atoms with Gasteiger partial charge in [0, 0.05) is 26.8 Å². The smallest absolute Gasteiger partial charge is 0.228 e. The fourth-order valence-corrected chi connectivity index (χ4v) is 2.76. The lowest BCUT2D eigenvalue weighted by atomic mass is 9.79. The van der Waals surface area contributed by atoms with Crippen LogP contribution in [0.2, 0.25) is 0 Å². The van der Waals surface area contributed by atoms with E-state index in [-0.39, 0.29) is 5.41 Å². The van der Waals surface area contributed by atoms with Crippen molar-refractivity contribution in [2.45, 2.75) is 26.2 Å². The molecule has 1 aromatic carbocycles. The number of ether oxygens (including phenoxy) is 1. The monoisotopic (exact) mass is 261 g/mol. The fourth-order valence-electron chi connectivity index (χ4n) is 2.76. The molecule has 3 nitrogen and oxygen atoms in total. The summed E-state index contributed by atoms with van der Waals surface area (Å²) in [7, 11) is 1.90. The first-order chi connectivity index (χ1) is 9.14. The van der Waals surface area contributed by atoms with Crippen molar-refractivity contribution in [1.29, 1.82) is 0 Å². The number of benzene rings is 1. The highest BCUT2D eigenvalue weighted by Gasteiger charge is 2.45. The van der Waals surface area contributed by atoms with E-state index in [2.05, 4.69) is 19.1 Å². The van der Waals surface area contributed by atoms with Crippen LogP contribution in [0.15, 0.2) is 30.3 Å². The molecule has 0 saturated carbocycles. The minimum Gasteiger partial charge on any atom is -0.381 e. The van der Waals surface area contributed by atoms with Crippen LogP contribution in [0.5, 0.6) is 0 Å². The molecule has 1 aromatic rings. The standard InChI is InChI=1S/C9H15NO2.C7H8/c1-10-5-2-9(8(10)11)3-6-12-7-4-9;1-7-5-3-2-4-6-7/h2-7H2,1H3;2-6H,1H3. The molecular formula is C16H23NO2. The third-order valence-electron chi connectivity index (χ3n) is 4.12. The molecule has 0 N–H and O–H groups in total. The quantitative estimate of drug-likeness (QED) is 0.718. The molecule has 0 radical (unpaired) electrons. The summed E-state index contributed by atoms with van der Waals surface area (Å²) >= 11 is 0. The minimum atomic E-state index is -0.0347. The van der Waals surface area contributed by atoms with E-state index in [0.717, 1.165) is 39.0 Å². The van der Waals surface area contributed by atoms with Gasteiger partial charge in [0.25, 0.3) is 0 Å². The lowest BCUT2D eigenvalue weighted by Crippen LogP contribution is -2.37. The van der Waals surface area contributed by atoms with E-state index in [1.807, 2.05) is 30.1 Å². The Labute approximate surface area is 115 Å². The first-order valence-corrected chi connectivity index (χ1v) is 6.99. The van der Waals surface area contributed by atoms with Crippen molar-refractivity contribution in [3.05, 3.63) is 35.9 Å². The highest BCUT2D eigenvalue weighted by Crippen LogP contribution is 2.40. The van der Waals surface area contributed by atoms with Crippen molar-refractivity contribution in [3.63, 3.8) is 0 Å². The molecule has 3 heteroatoms. The molecule has 19 heavy (non-hydrogen) atoms. The topological polar surface area (TPSA) is 29.5 Å². The number of hydrogen-bond donors (Lipinski definition) is 0. The second-order valence-electron chi connectivity index (χ2n) is 5.52. The van der Waals surface area contributed by atoms with E-state index in [1.165, 1.54) is 5.56 Å². The molecule has 2 aliphatic rings. The van der Waals surface area contributed by atoms with E-state index in [4.69, 9.17) is 4.74 Å². The molecule has 2 aliphatic heterocycles. The van der Waals surface area contributed by atoms with Crippen LogP contribution in [0.25, 0.3) is 0 Å². The predicted molar refractivity (Wildman–Crippen MR) is 75.9 cm³/mol. The van der Waals surface area contributed by atoms with Gasteiger partial charge >= 0.3 is 0 Å². The van der Waals surface area contributed by atoms with E-state index in [1.54, 1.807) is 0 Å². The molecule has 104 valence electrons. The lowest BCUT2D eigenvalue weighted by Gasteiger charge is -2.30. The second kappa shape index (κ2) is 6.20. The van der Waals surface area contributed by atoms with Gasteiger partial charge in [-0.1, -0.05) is 35.9 Å². The Morgan fingerprint density at radius 1 is 1.11 bits per heavy atom. The largest absolute Gasteiger partial charge is 0.381 e. The van der Waals surface area contributed by atoms with Gasteiger partial charge in [0.1, 0.15) is 0 Å². The number of likely N-dealkylation sites (tertiary alicyclic amines) is 1. The Bertz CT molecular complexity index is 405. The zero-order chi connectivity index (χ0) is 13.7. The van der Waals surface area contributed by atoms with Crippen molar-refractivity contribution in [2.24, 2.45) is 5.41 Å². The molecule has 1 amide bonds. The molecule has 2 heterocycles. The third-order valence-corrected chi connectivity index (χ3v) is 4.12. The lowest BCUT2D eigenvalue weighted by molar-refractivity contribution is -0.139. The SMILES string of the molecule is CN1CCC2(CCOCC2)C1=O.Cc1ccccc1. The molecule has 3 rings (SSSR count). The fraction of sp³-hybridized carbons (Fsp3) is 0.562. The molecule has 1 spiro atoms. The number of carbonyl (C=O) groups excluding carboxylic acids is 1. The summed E-state index contributed by atoms with van der Waals surface area (Å²) in [5.74, 6) is 0.339. The predicted octanol–water partition coefficient (Wildman–Crippen LogP) is 2.64. The molecule has 2 fully saturated rings. The third kappa shape index (κ3) is 3.35. The number of carbonyl (C=O) groups is 1. The minimum absolute atomic E-state index is 0.0347. The maximum absolute atomic E-state index is 11.8. The normalized spacial score (nSPS) is 21.2. The van der Waals surface area contributed by atoms with Gasteiger partial charge in [-0.3, -0.25) is 4.79 Å². The Morgan fingerprint density at radius 2 is 1.74 bits per heavy atom. The summed E-state index contributed by atoms with van der Waals surface area (Å²) in [4.78, 5) is 13.6. The van der Waals surface area contributed by atoms with E-state index in [0.29, 0.717) is 5.91 Å². The van der Waals surface area contributed by atoms with Gasteiger partial charge in [-0.25, -0.2) is 0 Å². The van der Waals surface area contributed by atoms with Crippen LogP contribution in [0, 0.1) is 12.3 Å². The summed E-state index contributed by atoms with van der Waals surface area (Å²) in [5.41, 5.74) is 1.29. The van der Waals surface area contributed by atoms with Crippen LogP contribution in [-0.2, 0) is 9.53 Å². The Hall–Kier alpha value is -1.35. The number of rotatable bonds is 0. The van der Waals surface area contributed by atoms with Crippen LogP contribution in [0.3, 0.4) is 0 Å². The van der Waals surface area contributed by atoms with Crippen LogP contribution >= 0.6 is 0 Å². The molecule has 0 atom stereocenters. The number of hydrogen-bond acceptors (Lipinski definition) is 2. The van der Waals surface area contributed by atoms with Gasteiger partial charge in [0.05, 0.1) is 5.41 Å². The first-order valence-electron chi connectivity index (χ1n) is 6.99. The van der Waals surface area contributed by atoms with E-state index < -0.39 is 0 Å². The maximum atomic E-state index is 11.8. The maximum Gasteiger partial charge on any atom is 0.228 e. The zero-order valence-electron chi connectivity index (χ0n) is 11.9. The summed E-state index contributed by atoms with van der Waals surface area (Å²) < 4.78 is 5.27. The molecule has 0 aliphatic carbocycles.